The predicted molar refractivity (Wildman–Crippen MR) is 57.8 cm³/mol. The van der Waals surface area contributed by atoms with E-state index in [0.717, 1.165) is 0 Å². The standard InChI is InChI=1S/C10H11BrFNO3/c11-8-1-2-16-9(8)10(15)13-4-6(12)3-7(13)5-14/h1-2,6-7,14H,3-5H2/t6-,7-/m0/s1. The Morgan fingerprint density at radius 2 is 2.50 bits per heavy atom. The Kier molecular flexibility index (Phi) is 3.30. The van der Waals surface area contributed by atoms with Gasteiger partial charge in [0.2, 0.25) is 5.76 Å². The van der Waals surface area contributed by atoms with Crippen LogP contribution in [0.15, 0.2) is 21.2 Å². The summed E-state index contributed by atoms with van der Waals surface area (Å²) < 4.78 is 18.7. The average molecular weight is 292 g/mol. The van der Waals surface area contributed by atoms with E-state index in [1.165, 1.54) is 11.2 Å². The highest BCUT2D eigenvalue weighted by Gasteiger charge is 2.36. The Balaban J connectivity index is 2.19. The second kappa shape index (κ2) is 4.55. The third kappa shape index (κ3) is 1.99. The molecule has 1 saturated heterocycles. The van der Waals surface area contributed by atoms with Gasteiger partial charge in [0, 0.05) is 6.42 Å². The van der Waals surface area contributed by atoms with Crippen LogP contribution in [-0.2, 0) is 0 Å². The summed E-state index contributed by atoms with van der Waals surface area (Å²) in [5, 5.41) is 9.07. The molecule has 16 heavy (non-hydrogen) atoms. The molecule has 1 aliphatic rings. The van der Waals surface area contributed by atoms with Crippen molar-refractivity contribution in [2.75, 3.05) is 13.2 Å². The summed E-state index contributed by atoms with van der Waals surface area (Å²) in [6.45, 7) is -0.221. The normalized spacial score (nSPS) is 25.1. The first-order valence-corrected chi connectivity index (χ1v) is 5.71. The Labute approximate surface area is 100 Å². The maximum absolute atomic E-state index is 13.2. The molecule has 0 aliphatic carbocycles. The van der Waals surface area contributed by atoms with Crippen LogP contribution in [0.1, 0.15) is 17.0 Å². The number of hydrogen-bond acceptors (Lipinski definition) is 3. The van der Waals surface area contributed by atoms with Gasteiger partial charge in [0.05, 0.1) is 29.9 Å². The number of rotatable bonds is 2. The predicted octanol–water partition coefficient (Wildman–Crippen LogP) is 1.59. The zero-order valence-electron chi connectivity index (χ0n) is 8.40. The molecule has 1 N–H and O–H groups in total. The molecule has 2 heterocycles. The van der Waals surface area contributed by atoms with Gasteiger partial charge < -0.3 is 14.4 Å². The smallest absolute Gasteiger partial charge is 0.291 e. The third-order valence-corrected chi connectivity index (χ3v) is 3.27. The number of aliphatic hydroxyl groups excluding tert-OH is 1. The minimum Gasteiger partial charge on any atom is -0.458 e. The largest absolute Gasteiger partial charge is 0.458 e. The van der Waals surface area contributed by atoms with Crippen molar-refractivity contribution in [1.82, 2.24) is 4.90 Å². The molecule has 1 aromatic rings. The molecule has 6 heteroatoms. The summed E-state index contributed by atoms with van der Waals surface area (Å²) in [5.74, 6) is -0.247. The van der Waals surface area contributed by atoms with Gasteiger partial charge in [0.15, 0.2) is 0 Å². The van der Waals surface area contributed by atoms with E-state index in [4.69, 9.17) is 9.52 Å². The molecule has 2 rings (SSSR count). The lowest BCUT2D eigenvalue weighted by Gasteiger charge is -2.21. The highest BCUT2D eigenvalue weighted by molar-refractivity contribution is 9.10. The second-order valence-corrected chi connectivity index (χ2v) is 4.58. The highest BCUT2D eigenvalue weighted by Crippen LogP contribution is 2.25. The summed E-state index contributed by atoms with van der Waals surface area (Å²) in [4.78, 5) is 13.3. The van der Waals surface area contributed by atoms with Gasteiger partial charge in [-0.15, -0.1) is 0 Å². The summed E-state index contributed by atoms with van der Waals surface area (Å²) in [6.07, 6.45) is 0.490. The first-order chi connectivity index (χ1) is 7.63. The molecule has 0 aromatic carbocycles. The molecule has 1 aromatic heterocycles. The molecule has 1 aliphatic heterocycles. The van der Waals surface area contributed by atoms with E-state index in [-0.39, 0.29) is 25.3 Å². The first-order valence-electron chi connectivity index (χ1n) is 4.92. The number of carbonyl (C=O) groups is 1. The molecule has 0 spiro atoms. The number of likely N-dealkylation sites (tertiary alicyclic amines) is 1. The maximum Gasteiger partial charge on any atom is 0.291 e. The quantitative estimate of drug-likeness (QED) is 0.900. The van der Waals surface area contributed by atoms with Crippen molar-refractivity contribution < 1.29 is 18.7 Å². The number of carbonyl (C=O) groups excluding carboxylic acids is 1. The third-order valence-electron chi connectivity index (χ3n) is 2.65. The molecule has 2 atom stereocenters. The molecule has 4 nitrogen and oxygen atoms in total. The maximum atomic E-state index is 13.2. The van der Waals surface area contributed by atoms with Crippen LogP contribution < -0.4 is 0 Å². The minimum atomic E-state index is -1.07. The summed E-state index contributed by atoms with van der Waals surface area (Å²) in [5.41, 5.74) is 0. The van der Waals surface area contributed by atoms with Crippen molar-refractivity contribution in [2.45, 2.75) is 18.6 Å². The molecule has 0 radical (unpaired) electrons. The number of hydrogen-bond donors (Lipinski definition) is 1. The Morgan fingerprint density at radius 1 is 1.75 bits per heavy atom. The number of amides is 1. The number of halogens is 2. The monoisotopic (exact) mass is 291 g/mol. The van der Waals surface area contributed by atoms with Crippen LogP contribution in [0.4, 0.5) is 4.39 Å². The second-order valence-electron chi connectivity index (χ2n) is 3.72. The fourth-order valence-corrected chi connectivity index (χ4v) is 2.23. The van der Waals surface area contributed by atoms with E-state index in [2.05, 4.69) is 15.9 Å². The Bertz CT molecular complexity index is 395. The van der Waals surface area contributed by atoms with Crippen LogP contribution in [0.3, 0.4) is 0 Å². The fraction of sp³-hybridized carbons (Fsp3) is 0.500. The van der Waals surface area contributed by atoms with E-state index in [0.29, 0.717) is 4.47 Å². The SMILES string of the molecule is O=C(c1occc1Br)N1C[C@@H](F)C[C@H]1CO. The van der Waals surface area contributed by atoms with Gasteiger partial charge >= 0.3 is 0 Å². The molecular formula is C10H11BrFNO3. The zero-order valence-corrected chi connectivity index (χ0v) is 9.98. The van der Waals surface area contributed by atoms with E-state index in [1.54, 1.807) is 6.07 Å². The topological polar surface area (TPSA) is 53.7 Å². The van der Waals surface area contributed by atoms with Crippen LogP contribution >= 0.6 is 15.9 Å². The van der Waals surface area contributed by atoms with Crippen molar-refractivity contribution in [2.24, 2.45) is 0 Å². The van der Waals surface area contributed by atoms with E-state index >= 15 is 0 Å². The number of nitrogens with zero attached hydrogens (tertiary/aromatic N) is 1. The molecule has 1 amide bonds. The lowest BCUT2D eigenvalue weighted by atomic mass is 10.2. The fourth-order valence-electron chi connectivity index (χ4n) is 1.86. The van der Waals surface area contributed by atoms with Gasteiger partial charge in [-0.25, -0.2) is 4.39 Å². The molecule has 1 fully saturated rings. The van der Waals surface area contributed by atoms with Crippen LogP contribution in [0.2, 0.25) is 0 Å². The number of furan rings is 1. The van der Waals surface area contributed by atoms with Crippen LogP contribution in [0.25, 0.3) is 0 Å². The Morgan fingerprint density at radius 3 is 3.06 bits per heavy atom. The lowest BCUT2D eigenvalue weighted by molar-refractivity contribution is 0.0640. The van der Waals surface area contributed by atoms with Gasteiger partial charge in [0.1, 0.15) is 6.17 Å². The molecular weight excluding hydrogens is 281 g/mol. The van der Waals surface area contributed by atoms with Gasteiger partial charge in [-0.05, 0) is 22.0 Å². The van der Waals surface area contributed by atoms with Crippen LogP contribution in [-0.4, -0.2) is 41.3 Å². The Hall–Kier alpha value is -0.880. The zero-order chi connectivity index (χ0) is 11.7. The van der Waals surface area contributed by atoms with E-state index < -0.39 is 18.1 Å². The number of alkyl halides is 1. The molecule has 0 bridgehead atoms. The van der Waals surface area contributed by atoms with Crippen molar-refractivity contribution in [1.29, 1.82) is 0 Å². The summed E-state index contributed by atoms with van der Waals surface area (Å²) in [6, 6.07) is 1.14. The van der Waals surface area contributed by atoms with E-state index in [9.17, 15) is 9.18 Å². The van der Waals surface area contributed by atoms with Crippen molar-refractivity contribution >= 4 is 21.8 Å². The number of aliphatic hydroxyl groups is 1. The summed E-state index contributed by atoms with van der Waals surface area (Å²) >= 11 is 3.17. The van der Waals surface area contributed by atoms with Gasteiger partial charge in [-0.3, -0.25) is 4.79 Å². The average Bonchev–Trinajstić information content (AvgIpc) is 2.83. The minimum absolute atomic E-state index is 0.0111. The summed E-state index contributed by atoms with van der Waals surface area (Å²) in [7, 11) is 0. The van der Waals surface area contributed by atoms with Gasteiger partial charge in [0.25, 0.3) is 5.91 Å². The van der Waals surface area contributed by atoms with Crippen molar-refractivity contribution in [3.8, 4) is 0 Å². The van der Waals surface area contributed by atoms with E-state index in [1.807, 2.05) is 0 Å². The van der Waals surface area contributed by atoms with Crippen molar-refractivity contribution in [3.05, 3.63) is 22.6 Å². The molecule has 0 saturated carbocycles. The van der Waals surface area contributed by atoms with Crippen LogP contribution in [0, 0.1) is 0 Å². The molecule has 88 valence electrons. The van der Waals surface area contributed by atoms with Gasteiger partial charge in [-0.2, -0.15) is 0 Å². The van der Waals surface area contributed by atoms with Gasteiger partial charge in [-0.1, -0.05) is 0 Å². The lowest BCUT2D eigenvalue weighted by Crippen LogP contribution is -2.37. The molecule has 0 unspecified atom stereocenters. The first kappa shape index (κ1) is 11.6. The highest BCUT2D eigenvalue weighted by atomic mass is 79.9. The van der Waals surface area contributed by atoms with Crippen LogP contribution in [0.5, 0.6) is 0 Å². The van der Waals surface area contributed by atoms with Crippen molar-refractivity contribution in [3.63, 3.8) is 0 Å².